The molecule has 21 heavy (non-hydrogen) atoms. The van der Waals surface area contributed by atoms with Crippen LogP contribution >= 0.6 is 0 Å². The molecular weight excluding hydrogens is 268 g/mol. The maximum Gasteiger partial charge on any atom is 0.251 e. The number of aromatic nitrogens is 2. The maximum atomic E-state index is 12.1. The molecule has 0 fully saturated rings. The van der Waals surface area contributed by atoms with E-state index < -0.39 is 0 Å². The van der Waals surface area contributed by atoms with Gasteiger partial charge in [-0.3, -0.25) is 9.48 Å². The third kappa shape index (κ3) is 4.24. The van der Waals surface area contributed by atoms with Crippen LogP contribution in [0.4, 0.5) is 5.69 Å². The summed E-state index contributed by atoms with van der Waals surface area (Å²) in [6.45, 7) is 5.52. The smallest absolute Gasteiger partial charge is 0.251 e. The fourth-order valence-corrected chi connectivity index (χ4v) is 1.98. The number of carbonyl (C=O) groups excluding carboxylic acids is 1. The van der Waals surface area contributed by atoms with Gasteiger partial charge in [0.2, 0.25) is 0 Å². The molecule has 0 saturated carbocycles. The Labute approximate surface area is 123 Å². The van der Waals surface area contributed by atoms with Crippen LogP contribution in [0.1, 0.15) is 22.8 Å². The summed E-state index contributed by atoms with van der Waals surface area (Å²) in [5.74, 6) is 0.428. The number of hydrogen-bond donors (Lipinski definition) is 2. The molecule has 6 heteroatoms. The van der Waals surface area contributed by atoms with Crippen LogP contribution in [-0.4, -0.2) is 28.8 Å². The van der Waals surface area contributed by atoms with Gasteiger partial charge in [-0.2, -0.15) is 5.10 Å². The molecule has 0 bridgehead atoms. The molecule has 0 spiro atoms. The number of rotatable bonds is 6. The summed E-state index contributed by atoms with van der Waals surface area (Å²) in [6.07, 6.45) is 3.72. The number of anilines is 1. The monoisotopic (exact) mass is 288 g/mol. The van der Waals surface area contributed by atoms with Crippen molar-refractivity contribution in [3.8, 4) is 5.75 Å². The van der Waals surface area contributed by atoms with E-state index in [0.29, 0.717) is 36.7 Å². The minimum absolute atomic E-state index is 0.174. The van der Waals surface area contributed by atoms with Gasteiger partial charge in [0.25, 0.3) is 5.91 Å². The molecule has 1 aromatic heterocycles. The Balaban J connectivity index is 1.93. The van der Waals surface area contributed by atoms with Crippen molar-refractivity contribution in [3.63, 3.8) is 0 Å². The fourth-order valence-electron chi connectivity index (χ4n) is 1.98. The molecule has 0 radical (unpaired) electrons. The minimum Gasteiger partial charge on any atom is -0.494 e. The number of benzene rings is 1. The topological polar surface area (TPSA) is 82.2 Å². The summed E-state index contributed by atoms with van der Waals surface area (Å²) < 4.78 is 7.17. The maximum absolute atomic E-state index is 12.1. The summed E-state index contributed by atoms with van der Waals surface area (Å²) in [4.78, 5) is 12.1. The lowest BCUT2D eigenvalue weighted by atomic mass is 10.1. The van der Waals surface area contributed by atoms with Gasteiger partial charge in [0, 0.05) is 30.1 Å². The predicted octanol–water partition coefficient (Wildman–Crippen LogP) is 1.60. The van der Waals surface area contributed by atoms with Crippen molar-refractivity contribution >= 4 is 11.6 Å². The van der Waals surface area contributed by atoms with Gasteiger partial charge in [-0.05, 0) is 31.5 Å². The Hall–Kier alpha value is -2.50. The van der Waals surface area contributed by atoms with Crippen molar-refractivity contribution in [1.82, 2.24) is 15.1 Å². The number of nitrogen functional groups attached to an aromatic ring is 1. The summed E-state index contributed by atoms with van der Waals surface area (Å²) in [6, 6.07) is 5.02. The van der Waals surface area contributed by atoms with Gasteiger partial charge in [-0.25, -0.2) is 0 Å². The Morgan fingerprint density at radius 3 is 2.90 bits per heavy atom. The zero-order chi connectivity index (χ0) is 15.2. The molecule has 0 aliphatic carbocycles. The third-order valence-electron chi connectivity index (χ3n) is 2.89. The van der Waals surface area contributed by atoms with Gasteiger partial charge >= 0.3 is 0 Å². The zero-order valence-electron chi connectivity index (χ0n) is 12.3. The van der Waals surface area contributed by atoms with Gasteiger partial charge in [0.15, 0.2) is 0 Å². The highest BCUT2D eigenvalue weighted by atomic mass is 16.5. The van der Waals surface area contributed by atoms with Gasteiger partial charge in [-0.1, -0.05) is 0 Å². The molecule has 1 heterocycles. The summed E-state index contributed by atoms with van der Waals surface area (Å²) in [5.41, 5.74) is 7.88. The molecule has 112 valence electrons. The molecule has 3 N–H and O–H groups in total. The van der Waals surface area contributed by atoms with Crippen LogP contribution in [0.2, 0.25) is 0 Å². The van der Waals surface area contributed by atoms with Crippen LogP contribution in [0, 0.1) is 6.92 Å². The third-order valence-corrected chi connectivity index (χ3v) is 2.89. The molecule has 0 aliphatic rings. The fraction of sp³-hybridized carbons (Fsp3) is 0.333. The number of nitrogens with two attached hydrogens (primary N) is 1. The summed E-state index contributed by atoms with van der Waals surface area (Å²) in [5, 5.41) is 7.01. The van der Waals surface area contributed by atoms with Crippen molar-refractivity contribution in [2.75, 3.05) is 18.9 Å². The molecular formula is C15H20N4O2. The van der Waals surface area contributed by atoms with Crippen molar-refractivity contribution < 1.29 is 9.53 Å². The highest BCUT2D eigenvalue weighted by molar-refractivity contribution is 5.95. The van der Waals surface area contributed by atoms with E-state index >= 15 is 0 Å². The van der Waals surface area contributed by atoms with E-state index in [2.05, 4.69) is 10.4 Å². The summed E-state index contributed by atoms with van der Waals surface area (Å²) in [7, 11) is 0. The van der Waals surface area contributed by atoms with Crippen molar-refractivity contribution in [3.05, 3.63) is 41.7 Å². The lowest BCUT2D eigenvalue weighted by Gasteiger charge is -2.09. The molecule has 0 atom stereocenters. The van der Waals surface area contributed by atoms with E-state index in [4.69, 9.17) is 10.5 Å². The largest absolute Gasteiger partial charge is 0.494 e. The van der Waals surface area contributed by atoms with Crippen LogP contribution in [-0.2, 0) is 6.54 Å². The molecule has 0 saturated heterocycles. The molecule has 2 aromatic rings. The average molecular weight is 288 g/mol. The minimum atomic E-state index is -0.174. The van der Waals surface area contributed by atoms with E-state index in [-0.39, 0.29) is 5.91 Å². The normalized spacial score (nSPS) is 10.4. The Morgan fingerprint density at radius 2 is 2.24 bits per heavy atom. The first-order valence-electron chi connectivity index (χ1n) is 6.89. The predicted molar refractivity (Wildman–Crippen MR) is 81.3 cm³/mol. The van der Waals surface area contributed by atoms with E-state index in [1.807, 2.05) is 20.0 Å². The number of carbonyl (C=O) groups is 1. The highest BCUT2D eigenvalue weighted by Crippen LogP contribution is 2.18. The first-order valence-corrected chi connectivity index (χ1v) is 6.89. The second-order valence-corrected chi connectivity index (χ2v) is 4.76. The Morgan fingerprint density at radius 1 is 1.43 bits per heavy atom. The molecule has 2 rings (SSSR count). The number of aryl methyl sites for hydroxylation is 1. The number of nitrogens with zero attached hydrogens (tertiary/aromatic N) is 2. The molecule has 1 aromatic carbocycles. The van der Waals surface area contributed by atoms with Crippen molar-refractivity contribution in [2.24, 2.45) is 0 Å². The first kappa shape index (κ1) is 14.9. The number of hydrogen-bond acceptors (Lipinski definition) is 4. The first-order chi connectivity index (χ1) is 10.1. The van der Waals surface area contributed by atoms with Crippen molar-refractivity contribution in [1.29, 1.82) is 0 Å². The van der Waals surface area contributed by atoms with E-state index in [1.165, 1.54) is 0 Å². The summed E-state index contributed by atoms with van der Waals surface area (Å²) >= 11 is 0. The molecule has 1 amide bonds. The van der Waals surface area contributed by atoms with Gasteiger partial charge in [-0.15, -0.1) is 0 Å². The molecule has 0 aliphatic heterocycles. The lowest BCUT2D eigenvalue weighted by Crippen LogP contribution is -2.27. The quantitative estimate of drug-likeness (QED) is 0.791. The van der Waals surface area contributed by atoms with Crippen LogP contribution in [0.3, 0.4) is 0 Å². The Bertz CT molecular complexity index is 622. The molecule has 0 unspecified atom stereocenters. The second-order valence-electron chi connectivity index (χ2n) is 4.76. The van der Waals surface area contributed by atoms with E-state index in [9.17, 15) is 4.79 Å². The lowest BCUT2D eigenvalue weighted by molar-refractivity contribution is 0.0951. The van der Waals surface area contributed by atoms with Gasteiger partial charge in [0.05, 0.1) is 19.3 Å². The highest BCUT2D eigenvalue weighted by Gasteiger charge is 2.08. The van der Waals surface area contributed by atoms with Crippen molar-refractivity contribution in [2.45, 2.75) is 20.4 Å². The standard InChI is InChI=1S/C15H20N4O2/c1-3-21-14-7-12(6-13(16)8-14)15(20)17-4-5-19-10-11(2)9-18-19/h6-10H,3-5,16H2,1-2H3,(H,17,20). The van der Waals surface area contributed by atoms with Crippen LogP contribution in [0.5, 0.6) is 5.75 Å². The van der Waals surface area contributed by atoms with E-state index in [0.717, 1.165) is 5.56 Å². The van der Waals surface area contributed by atoms with Gasteiger partial charge < -0.3 is 15.8 Å². The number of nitrogens with one attached hydrogen (secondary N) is 1. The zero-order valence-corrected chi connectivity index (χ0v) is 12.3. The number of ether oxygens (including phenoxy) is 1. The SMILES string of the molecule is CCOc1cc(N)cc(C(=O)NCCn2cc(C)cn2)c1. The Kier molecular flexibility index (Phi) is 4.81. The molecule has 6 nitrogen and oxygen atoms in total. The van der Waals surface area contributed by atoms with Crippen LogP contribution in [0.25, 0.3) is 0 Å². The number of amides is 1. The van der Waals surface area contributed by atoms with Gasteiger partial charge in [0.1, 0.15) is 5.75 Å². The second kappa shape index (κ2) is 6.78. The van der Waals surface area contributed by atoms with E-state index in [1.54, 1.807) is 29.1 Å². The average Bonchev–Trinajstić information content (AvgIpc) is 2.84. The van der Waals surface area contributed by atoms with Crippen LogP contribution < -0.4 is 15.8 Å². The van der Waals surface area contributed by atoms with Crippen LogP contribution in [0.15, 0.2) is 30.6 Å².